The summed E-state index contributed by atoms with van der Waals surface area (Å²) in [7, 11) is 3.29. The molecule has 0 bridgehead atoms. The van der Waals surface area contributed by atoms with Gasteiger partial charge in [0.05, 0.1) is 13.2 Å². The molecule has 8 heteroatoms. The second-order valence-electron chi connectivity index (χ2n) is 7.33. The molecular formula is C21H34FN5O2. The lowest BCUT2D eigenvalue weighted by atomic mass is 10.1. The zero-order valence-corrected chi connectivity index (χ0v) is 17.8. The fourth-order valence-corrected chi connectivity index (χ4v) is 3.34. The molecule has 1 aromatic rings. The van der Waals surface area contributed by atoms with Gasteiger partial charge in [0, 0.05) is 51.9 Å². The van der Waals surface area contributed by atoms with E-state index in [1.807, 2.05) is 6.92 Å². The quantitative estimate of drug-likeness (QED) is 0.428. The number of nitrogens with one attached hydrogen (secondary N) is 3. The number of rotatable bonds is 9. The molecule has 0 atom stereocenters. The Hall–Kier alpha value is -2.19. The van der Waals surface area contributed by atoms with Crippen molar-refractivity contribution in [2.75, 3.05) is 40.3 Å². The van der Waals surface area contributed by atoms with Gasteiger partial charge in [-0.1, -0.05) is 13.0 Å². The number of carbonyl (C=O) groups excluding carboxylic acids is 1. The first-order valence-electron chi connectivity index (χ1n) is 10.3. The van der Waals surface area contributed by atoms with Crippen LogP contribution in [0.5, 0.6) is 0 Å². The van der Waals surface area contributed by atoms with E-state index in [0.29, 0.717) is 24.7 Å². The van der Waals surface area contributed by atoms with E-state index in [9.17, 15) is 9.18 Å². The lowest BCUT2D eigenvalue weighted by Crippen LogP contribution is -2.50. The van der Waals surface area contributed by atoms with Crippen LogP contribution in [0.3, 0.4) is 0 Å². The highest BCUT2D eigenvalue weighted by molar-refractivity contribution is 5.80. The molecular weight excluding hydrogens is 373 g/mol. The monoisotopic (exact) mass is 407 g/mol. The maximum Gasteiger partial charge on any atom is 0.234 e. The van der Waals surface area contributed by atoms with Gasteiger partial charge in [-0.15, -0.1) is 0 Å². The zero-order valence-electron chi connectivity index (χ0n) is 17.8. The Kier molecular flexibility index (Phi) is 9.87. The van der Waals surface area contributed by atoms with Gasteiger partial charge in [0.1, 0.15) is 5.82 Å². The van der Waals surface area contributed by atoms with Crippen molar-refractivity contribution in [3.05, 3.63) is 35.1 Å². The Morgan fingerprint density at radius 1 is 1.31 bits per heavy atom. The molecule has 1 aliphatic rings. The number of ether oxygens (including phenoxy) is 1. The SMILES string of the molecule is CCCNC(=O)CN1CCC(NC(=NC)NCc2ccc(F)c(COC)c2)CC1. The Balaban J connectivity index is 1.75. The van der Waals surface area contributed by atoms with E-state index in [4.69, 9.17) is 4.74 Å². The minimum Gasteiger partial charge on any atom is -0.380 e. The standard InChI is InChI=1S/C21H34FN5O2/c1-4-9-24-20(28)14-27-10-7-18(8-11-27)26-21(23-2)25-13-16-5-6-19(22)17(12-16)15-29-3/h5-6,12,18H,4,7-11,13-15H2,1-3H3,(H,24,28)(H2,23,25,26). The van der Waals surface area contributed by atoms with Crippen LogP contribution in [-0.4, -0.2) is 63.1 Å². The Morgan fingerprint density at radius 2 is 2.07 bits per heavy atom. The molecule has 0 aliphatic carbocycles. The van der Waals surface area contributed by atoms with E-state index < -0.39 is 0 Å². The summed E-state index contributed by atoms with van der Waals surface area (Å²) in [5, 5.41) is 9.66. The second kappa shape index (κ2) is 12.4. The number of hydrogen-bond donors (Lipinski definition) is 3. The van der Waals surface area contributed by atoms with Gasteiger partial charge in [-0.05, 0) is 37.0 Å². The summed E-state index contributed by atoms with van der Waals surface area (Å²) in [4.78, 5) is 18.3. The number of aliphatic imine (C=N–C) groups is 1. The van der Waals surface area contributed by atoms with Crippen molar-refractivity contribution in [2.24, 2.45) is 4.99 Å². The highest BCUT2D eigenvalue weighted by Gasteiger charge is 2.21. The van der Waals surface area contributed by atoms with Crippen LogP contribution in [0.15, 0.2) is 23.2 Å². The highest BCUT2D eigenvalue weighted by Crippen LogP contribution is 2.12. The summed E-state index contributed by atoms with van der Waals surface area (Å²) in [5.41, 5.74) is 1.51. The number of nitrogens with zero attached hydrogens (tertiary/aromatic N) is 2. The fraction of sp³-hybridized carbons (Fsp3) is 0.619. The lowest BCUT2D eigenvalue weighted by molar-refractivity contribution is -0.122. The maximum atomic E-state index is 13.7. The van der Waals surface area contributed by atoms with Crippen LogP contribution in [-0.2, 0) is 22.7 Å². The number of amides is 1. The molecule has 1 aromatic carbocycles. The molecule has 0 unspecified atom stereocenters. The predicted octanol–water partition coefficient (Wildman–Crippen LogP) is 1.63. The van der Waals surface area contributed by atoms with Crippen molar-refractivity contribution in [1.29, 1.82) is 0 Å². The van der Waals surface area contributed by atoms with Crippen LogP contribution in [0.2, 0.25) is 0 Å². The van der Waals surface area contributed by atoms with Gasteiger partial charge in [0.25, 0.3) is 0 Å². The van der Waals surface area contributed by atoms with Crippen molar-refractivity contribution in [3.63, 3.8) is 0 Å². The van der Waals surface area contributed by atoms with Crippen molar-refractivity contribution in [3.8, 4) is 0 Å². The van der Waals surface area contributed by atoms with Gasteiger partial charge in [0.2, 0.25) is 5.91 Å². The molecule has 1 aliphatic heterocycles. The van der Waals surface area contributed by atoms with Gasteiger partial charge >= 0.3 is 0 Å². The number of guanidine groups is 1. The van der Waals surface area contributed by atoms with Gasteiger partial charge in [-0.2, -0.15) is 0 Å². The first kappa shape index (κ1) is 23.1. The molecule has 1 heterocycles. The van der Waals surface area contributed by atoms with E-state index in [-0.39, 0.29) is 18.3 Å². The largest absolute Gasteiger partial charge is 0.380 e. The van der Waals surface area contributed by atoms with E-state index in [1.165, 1.54) is 6.07 Å². The number of carbonyl (C=O) groups is 1. The van der Waals surface area contributed by atoms with Gasteiger partial charge < -0.3 is 20.7 Å². The van der Waals surface area contributed by atoms with E-state index >= 15 is 0 Å². The number of methoxy groups -OCH3 is 1. The highest BCUT2D eigenvalue weighted by atomic mass is 19.1. The summed E-state index contributed by atoms with van der Waals surface area (Å²) < 4.78 is 18.8. The van der Waals surface area contributed by atoms with Crippen LogP contribution in [0.4, 0.5) is 4.39 Å². The van der Waals surface area contributed by atoms with E-state index in [1.54, 1.807) is 26.3 Å². The van der Waals surface area contributed by atoms with Crippen LogP contribution in [0.25, 0.3) is 0 Å². The average Bonchev–Trinajstić information content (AvgIpc) is 2.73. The smallest absolute Gasteiger partial charge is 0.234 e. The number of benzene rings is 1. The minimum absolute atomic E-state index is 0.0999. The van der Waals surface area contributed by atoms with Crippen LogP contribution >= 0.6 is 0 Å². The van der Waals surface area contributed by atoms with Gasteiger partial charge in [-0.25, -0.2) is 4.39 Å². The van der Waals surface area contributed by atoms with Crippen LogP contribution in [0.1, 0.15) is 37.3 Å². The molecule has 0 saturated carbocycles. The van der Waals surface area contributed by atoms with E-state index in [2.05, 4.69) is 25.8 Å². The van der Waals surface area contributed by atoms with Crippen molar-refractivity contribution < 1.29 is 13.9 Å². The van der Waals surface area contributed by atoms with Gasteiger partial charge in [0.15, 0.2) is 5.96 Å². The van der Waals surface area contributed by atoms with Crippen molar-refractivity contribution in [1.82, 2.24) is 20.9 Å². The minimum atomic E-state index is -0.256. The molecule has 29 heavy (non-hydrogen) atoms. The Morgan fingerprint density at radius 3 is 2.72 bits per heavy atom. The first-order chi connectivity index (χ1) is 14.0. The molecule has 7 nitrogen and oxygen atoms in total. The maximum absolute atomic E-state index is 13.7. The Labute approximate surface area is 173 Å². The third-order valence-electron chi connectivity index (χ3n) is 4.96. The molecule has 162 valence electrons. The van der Waals surface area contributed by atoms with Gasteiger partial charge in [-0.3, -0.25) is 14.7 Å². The molecule has 2 rings (SSSR count). The summed E-state index contributed by atoms with van der Waals surface area (Å²) in [6.07, 6.45) is 2.86. The lowest BCUT2D eigenvalue weighted by Gasteiger charge is -2.32. The van der Waals surface area contributed by atoms with Crippen LogP contribution < -0.4 is 16.0 Å². The number of likely N-dealkylation sites (tertiary alicyclic amines) is 1. The molecule has 0 aromatic heterocycles. The number of halogens is 1. The summed E-state index contributed by atoms with van der Waals surface area (Å²) in [6, 6.07) is 5.35. The molecule has 1 fully saturated rings. The normalized spacial score (nSPS) is 15.9. The summed E-state index contributed by atoms with van der Waals surface area (Å²) >= 11 is 0. The first-order valence-corrected chi connectivity index (χ1v) is 10.3. The van der Waals surface area contributed by atoms with Crippen LogP contribution in [0, 0.1) is 5.82 Å². The molecule has 3 N–H and O–H groups in total. The van der Waals surface area contributed by atoms with Crippen molar-refractivity contribution >= 4 is 11.9 Å². The third kappa shape index (κ3) is 7.98. The zero-order chi connectivity index (χ0) is 21.1. The molecule has 0 radical (unpaired) electrons. The summed E-state index contributed by atoms with van der Waals surface area (Å²) in [6.45, 7) is 5.81. The van der Waals surface area contributed by atoms with E-state index in [0.717, 1.165) is 50.4 Å². The number of piperidine rings is 1. The molecule has 1 amide bonds. The average molecular weight is 408 g/mol. The number of hydrogen-bond acceptors (Lipinski definition) is 4. The Bertz CT molecular complexity index is 675. The topological polar surface area (TPSA) is 78.0 Å². The van der Waals surface area contributed by atoms with Crippen molar-refractivity contribution in [2.45, 2.75) is 45.4 Å². The molecule has 1 saturated heterocycles. The third-order valence-corrected chi connectivity index (χ3v) is 4.96. The summed E-state index contributed by atoms with van der Waals surface area (Å²) in [5.74, 6) is 0.567. The molecule has 0 spiro atoms. The fourth-order valence-electron chi connectivity index (χ4n) is 3.34. The predicted molar refractivity (Wildman–Crippen MR) is 113 cm³/mol. The second-order valence-corrected chi connectivity index (χ2v) is 7.33.